The summed E-state index contributed by atoms with van der Waals surface area (Å²) >= 11 is 0. The highest BCUT2D eigenvalue weighted by atomic mass is 16.7. The van der Waals surface area contributed by atoms with E-state index < -0.39 is 0 Å². The van der Waals surface area contributed by atoms with Gasteiger partial charge in [0.05, 0.1) is 19.1 Å². The normalized spacial score (nSPS) is 19.7. The molecule has 4 nitrogen and oxygen atoms in total. The van der Waals surface area contributed by atoms with Crippen LogP contribution in [-0.2, 0) is 9.63 Å². The van der Waals surface area contributed by atoms with E-state index in [1.807, 2.05) is 6.92 Å². The van der Waals surface area contributed by atoms with Crippen LogP contribution in [-0.4, -0.2) is 30.7 Å². The second kappa shape index (κ2) is 4.42. The van der Waals surface area contributed by atoms with Gasteiger partial charge in [-0.3, -0.25) is 9.63 Å². The van der Waals surface area contributed by atoms with E-state index in [4.69, 9.17) is 10.6 Å². The van der Waals surface area contributed by atoms with Crippen molar-refractivity contribution in [3.63, 3.8) is 0 Å². The molecule has 1 aliphatic rings. The molecule has 12 heavy (non-hydrogen) atoms. The molecule has 1 amide bonds. The van der Waals surface area contributed by atoms with Crippen molar-refractivity contribution < 1.29 is 9.63 Å². The highest BCUT2D eigenvalue weighted by Crippen LogP contribution is 2.11. The van der Waals surface area contributed by atoms with Gasteiger partial charge < -0.3 is 5.73 Å². The first-order chi connectivity index (χ1) is 5.79. The monoisotopic (exact) mass is 172 g/mol. The molecule has 0 spiro atoms. The summed E-state index contributed by atoms with van der Waals surface area (Å²) in [6.07, 6.45) is 1.72. The third-order valence-corrected chi connectivity index (χ3v) is 2.13. The smallest absolute Gasteiger partial charge is 0.250 e. The maximum Gasteiger partial charge on any atom is 0.250 e. The van der Waals surface area contributed by atoms with E-state index in [9.17, 15) is 4.79 Å². The molecule has 70 valence electrons. The molecule has 0 aliphatic carbocycles. The van der Waals surface area contributed by atoms with E-state index in [1.165, 1.54) is 5.06 Å². The molecule has 2 N–H and O–H groups in total. The molecule has 1 saturated heterocycles. The number of hydrogen-bond donors (Lipinski definition) is 1. The number of hydroxylamine groups is 2. The minimum atomic E-state index is -0.0666. The highest BCUT2D eigenvalue weighted by Gasteiger charge is 2.25. The Morgan fingerprint density at radius 3 is 2.92 bits per heavy atom. The average molecular weight is 172 g/mol. The fourth-order valence-electron chi connectivity index (χ4n) is 1.27. The van der Waals surface area contributed by atoms with Crippen LogP contribution in [0.5, 0.6) is 0 Å². The molecule has 1 rings (SSSR count). The third-order valence-electron chi connectivity index (χ3n) is 2.13. The Balaban J connectivity index is 2.43. The van der Waals surface area contributed by atoms with E-state index in [0.29, 0.717) is 13.2 Å². The Bertz CT molecular complexity index is 147. The van der Waals surface area contributed by atoms with Crippen molar-refractivity contribution in [1.29, 1.82) is 0 Å². The average Bonchev–Trinajstić information content (AvgIpc) is 2.58. The Morgan fingerprint density at radius 2 is 2.50 bits per heavy atom. The lowest BCUT2D eigenvalue weighted by molar-refractivity contribution is -0.173. The van der Waals surface area contributed by atoms with E-state index in [0.717, 1.165) is 19.4 Å². The van der Waals surface area contributed by atoms with Crippen LogP contribution in [0.3, 0.4) is 0 Å². The van der Waals surface area contributed by atoms with Crippen LogP contribution in [0.15, 0.2) is 0 Å². The highest BCUT2D eigenvalue weighted by molar-refractivity contribution is 5.78. The zero-order valence-corrected chi connectivity index (χ0v) is 7.45. The summed E-state index contributed by atoms with van der Waals surface area (Å²) < 4.78 is 0. The fourth-order valence-corrected chi connectivity index (χ4v) is 1.27. The van der Waals surface area contributed by atoms with Crippen LogP contribution >= 0.6 is 0 Å². The molecule has 0 radical (unpaired) electrons. The topological polar surface area (TPSA) is 55.6 Å². The third kappa shape index (κ3) is 1.95. The molecular formula is C8H16N2O2. The van der Waals surface area contributed by atoms with Gasteiger partial charge in [-0.2, -0.15) is 0 Å². The zero-order chi connectivity index (χ0) is 8.97. The van der Waals surface area contributed by atoms with Crippen molar-refractivity contribution in [3.8, 4) is 0 Å². The molecule has 1 atom stereocenters. The summed E-state index contributed by atoms with van der Waals surface area (Å²) in [6.45, 7) is 3.75. The number of carbonyl (C=O) groups is 1. The molecule has 0 aromatic heterocycles. The molecule has 1 heterocycles. The Kier molecular flexibility index (Phi) is 3.49. The summed E-state index contributed by atoms with van der Waals surface area (Å²) in [4.78, 5) is 16.7. The lowest BCUT2D eigenvalue weighted by Crippen LogP contribution is -2.36. The van der Waals surface area contributed by atoms with E-state index in [-0.39, 0.29) is 11.8 Å². The standard InChI is InChI=1S/C8H16N2O2/c1-2-7(6-9)8(11)10-4-3-5-12-10/h7H,2-6,9H2,1H3. The molecule has 0 aromatic rings. The number of rotatable bonds is 3. The van der Waals surface area contributed by atoms with Crippen LogP contribution in [0, 0.1) is 5.92 Å². The minimum absolute atomic E-state index is 0.0394. The Labute approximate surface area is 72.6 Å². The molecule has 1 fully saturated rings. The van der Waals surface area contributed by atoms with Crippen LogP contribution in [0.25, 0.3) is 0 Å². The van der Waals surface area contributed by atoms with Gasteiger partial charge in [0, 0.05) is 6.54 Å². The Hall–Kier alpha value is -0.610. The van der Waals surface area contributed by atoms with Gasteiger partial charge in [-0.15, -0.1) is 0 Å². The van der Waals surface area contributed by atoms with Gasteiger partial charge in [0.25, 0.3) is 0 Å². The van der Waals surface area contributed by atoms with E-state index in [1.54, 1.807) is 0 Å². The first kappa shape index (κ1) is 9.48. The predicted molar refractivity (Wildman–Crippen MR) is 45.1 cm³/mol. The van der Waals surface area contributed by atoms with Crippen molar-refractivity contribution in [2.24, 2.45) is 11.7 Å². The summed E-state index contributed by atoms with van der Waals surface area (Å²) in [5.74, 6) is -0.0272. The van der Waals surface area contributed by atoms with Crippen molar-refractivity contribution in [2.45, 2.75) is 19.8 Å². The van der Waals surface area contributed by atoms with Gasteiger partial charge in [-0.05, 0) is 12.8 Å². The quantitative estimate of drug-likeness (QED) is 0.658. The maximum atomic E-state index is 11.5. The number of nitrogens with two attached hydrogens (primary N) is 1. The summed E-state index contributed by atoms with van der Waals surface area (Å²) in [6, 6.07) is 0. The van der Waals surface area contributed by atoms with Crippen molar-refractivity contribution >= 4 is 5.91 Å². The molecule has 0 aromatic carbocycles. The SMILES string of the molecule is CCC(CN)C(=O)N1CCCO1. The minimum Gasteiger partial charge on any atom is -0.330 e. The summed E-state index contributed by atoms with van der Waals surface area (Å²) in [7, 11) is 0. The van der Waals surface area contributed by atoms with Crippen LogP contribution in [0.1, 0.15) is 19.8 Å². The predicted octanol–water partition coefficient (Wildman–Crippen LogP) is 0.135. The lowest BCUT2D eigenvalue weighted by atomic mass is 10.1. The van der Waals surface area contributed by atoms with E-state index >= 15 is 0 Å². The molecule has 0 bridgehead atoms. The molecular weight excluding hydrogens is 156 g/mol. The van der Waals surface area contributed by atoms with Crippen molar-refractivity contribution in [2.75, 3.05) is 19.7 Å². The first-order valence-corrected chi connectivity index (χ1v) is 4.44. The summed E-state index contributed by atoms with van der Waals surface area (Å²) in [5, 5.41) is 1.45. The lowest BCUT2D eigenvalue weighted by Gasteiger charge is -2.19. The zero-order valence-electron chi connectivity index (χ0n) is 7.45. The maximum absolute atomic E-state index is 11.5. The Morgan fingerprint density at radius 1 is 1.75 bits per heavy atom. The van der Waals surface area contributed by atoms with Gasteiger partial charge in [-0.25, -0.2) is 5.06 Å². The number of nitrogens with zero attached hydrogens (tertiary/aromatic N) is 1. The van der Waals surface area contributed by atoms with Crippen molar-refractivity contribution in [3.05, 3.63) is 0 Å². The van der Waals surface area contributed by atoms with Gasteiger partial charge in [0.2, 0.25) is 5.91 Å². The summed E-state index contributed by atoms with van der Waals surface area (Å²) in [5.41, 5.74) is 5.45. The van der Waals surface area contributed by atoms with Crippen molar-refractivity contribution in [1.82, 2.24) is 5.06 Å². The van der Waals surface area contributed by atoms with E-state index in [2.05, 4.69) is 0 Å². The molecule has 1 unspecified atom stereocenters. The van der Waals surface area contributed by atoms with Crippen LogP contribution in [0.4, 0.5) is 0 Å². The van der Waals surface area contributed by atoms with Gasteiger partial charge >= 0.3 is 0 Å². The largest absolute Gasteiger partial charge is 0.330 e. The van der Waals surface area contributed by atoms with Crippen LogP contribution in [0.2, 0.25) is 0 Å². The van der Waals surface area contributed by atoms with Gasteiger partial charge in [-0.1, -0.05) is 6.92 Å². The number of hydrogen-bond acceptors (Lipinski definition) is 3. The number of carbonyl (C=O) groups excluding carboxylic acids is 1. The molecule has 1 aliphatic heterocycles. The first-order valence-electron chi connectivity index (χ1n) is 4.44. The van der Waals surface area contributed by atoms with Gasteiger partial charge in [0.15, 0.2) is 0 Å². The fraction of sp³-hybridized carbons (Fsp3) is 0.875. The number of amides is 1. The molecule has 0 saturated carbocycles. The molecule has 4 heteroatoms. The van der Waals surface area contributed by atoms with Crippen LogP contribution < -0.4 is 5.73 Å². The van der Waals surface area contributed by atoms with Gasteiger partial charge in [0.1, 0.15) is 0 Å². The second-order valence-corrected chi connectivity index (χ2v) is 2.97. The second-order valence-electron chi connectivity index (χ2n) is 2.97.